The quantitative estimate of drug-likeness (QED) is 0.527. The van der Waals surface area contributed by atoms with E-state index in [4.69, 9.17) is 5.11 Å². The number of aliphatic hydroxyl groups is 1. The summed E-state index contributed by atoms with van der Waals surface area (Å²) in [4.78, 5) is 23.3. The fourth-order valence-electron chi connectivity index (χ4n) is 2.05. The number of benzene rings is 1. The molecule has 2 amide bonds. The molecule has 0 saturated carbocycles. The van der Waals surface area contributed by atoms with Gasteiger partial charge in [0.05, 0.1) is 5.69 Å². The van der Waals surface area contributed by atoms with Crippen LogP contribution >= 0.6 is 0 Å². The molecule has 8 heteroatoms. The van der Waals surface area contributed by atoms with Crippen molar-refractivity contribution in [3.8, 4) is 0 Å². The van der Waals surface area contributed by atoms with E-state index in [-0.39, 0.29) is 25.1 Å². The lowest BCUT2D eigenvalue weighted by Gasteiger charge is -2.15. The topological polar surface area (TPSA) is 78.4 Å². The van der Waals surface area contributed by atoms with Gasteiger partial charge in [0.1, 0.15) is 5.82 Å². The van der Waals surface area contributed by atoms with Gasteiger partial charge in [0, 0.05) is 25.3 Å². The lowest BCUT2D eigenvalue weighted by Crippen LogP contribution is -2.38. The molecule has 1 aromatic carbocycles. The van der Waals surface area contributed by atoms with Crippen molar-refractivity contribution in [3.63, 3.8) is 0 Å². The van der Waals surface area contributed by atoms with Gasteiger partial charge >= 0.3 is 11.8 Å². The van der Waals surface area contributed by atoms with Crippen molar-refractivity contribution in [2.24, 2.45) is 5.92 Å². The van der Waals surface area contributed by atoms with Crippen LogP contribution in [0.3, 0.4) is 0 Å². The van der Waals surface area contributed by atoms with Crippen molar-refractivity contribution < 1.29 is 27.9 Å². The molecule has 0 aliphatic carbocycles. The van der Waals surface area contributed by atoms with E-state index in [1.165, 1.54) is 0 Å². The zero-order chi connectivity index (χ0) is 17.4. The number of halogens is 3. The number of hydrogen-bond donors (Lipinski definition) is 3. The van der Waals surface area contributed by atoms with Gasteiger partial charge in [-0.05, 0) is 18.8 Å². The summed E-state index contributed by atoms with van der Waals surface area (Å²) in [7, 11) is 0. The lowest BCUT2D eigenvalue weighted by molar-refractivity contribution is -0.136. The second-order valence-electron chi connectivity index (χ2n) is 5.08. The maximum Gasteiger partial charge on any atom is 0.313 e. The highest BCUT2D eigenvalue weighted by molar-refractivity contribution is 6.39. The minimum absolute atomic E-state index is 0.0155. The summed E-state index contributed by atoms with van der Waals surface area (Å²) in [5, 5.41) is 13.2. The SMILES string of the molecule is CCCC(CCO)CNC(=O)C(=O)Nc1cc(F)c(F)cc1F. The van der Waals surface area contributed by atoms with Crippen molar-refractivity contribution in [3.05, 3.63) is 29.6 Å². The predicted molar refractivity (Wildman–Crippen MR) is 78.1 cm³/mol. The van der Waals surface area contributed by atoms with Gasteiger partial charge in [0.2, 0.25) is 0 Å². The van der Waals surface area contributed by atoms with Gasteiger partial charge < -0.3 is 15.7 Å². The monoisotopic (exact) mass is 332 g/mol. The molecule has 5 nitrogen and oxygen atoms in total. The summed E-state index contributed by atoms with van der Waals surface area (Å²) in [5.41, 5.74) is -0.621. The first-order valence-electron chi connectivity index (χ1n) is 7.23. The molecule has 1 atom stereocenters. The fourth-order valence-corrected chi connectivity index (χ4v) is 2.05. The van der Waals surface area contributed by atoms with Crippen molar-refractivity contribution in [2.45, 2.75) is 26.2 Å². The standard InChI is InChI=1S/C15H19F3N2O3/c1-2-3-9(4-5-21)8-19-14(22)15(23)20-13-7-11(17)10(16)6-12(13)18/h6-7,9,21H,2-5,8H2,1H3,(H,19,22)(H,20,23). The second kappa shape index (κ2) is 9.14. The van der Waals surface area contributed by atoms with Crippen molar-refractivity contribution in [2.75, 3.05) is 18.5 Å². The summed E-state index contributed by atoms with van der Waals surface area (Å²) < 4.78 is 39.2. The van der Waals surface area contributed by atoms with Crippen LogP contribution in [-0.2, 0) is 9.59 Å². The fraction of sp³-hybridized carbons (Fsp3) is 0.467. The molecule has 1 unspecified atom stereocenters. The van der Waals surface area contributed by atoms with Gasteiger partial charge in [0.15, 0.2) is 11.6 Å². The Morgan fingerprint density at radius 2 is 1.74 bits per heavy atom. The Morgan fingerprint density at radius 3 is 2.35 bits per heavy atom. The van der Waals surface area contributed by atoms with Gasteiger partial charge in [-0.3, -0.25) is 9.59 Å². The maximum absolute atomic E-state index is 13.4. The number of rotatable bonds is 7. The third-order valence-electron chi connectivity index (χ3n) is 3.25. The zero-order valence-corrected chi connectivity index (χ0v) is 12.7. The molecule has 0 aliphatic heterocycles. The van der Waals surface area contributed by atoms with E-state index < -0.39 is 35.0 Å². The molecule has 0 fully saturated rings. The van der Waals surface area contributed by atoms with E-state index in [1.807, 2.05) is 12.2 Å². The van der Waals surface area contributed by atoms with Crippen LogP contribution in [0.2, 0.25) is 0 Å². The Balaban J connectivity index is 2.60. The van der Waals surface area contributed by atoms with E-state index in [2.05, 4.69) is 5.32 Å². The van der Waals surface area contributed by atoms with Crippen LogP contribution in [0.15, 0.2) is 12.1 Å². The average Bonchev–Trinajstić information content (AvgIpc) is 2.50. The highest BCUT2D eigenvalue weighted by atomic mass is 19.2. The summed E-state index contributed by atoms with van der Waals surface area (Å²) in [5.74, 6) is -6.11. The summed E-state index contributed by atoms with van der Waals surface area (Å²) in [6.45, 7) is 2.10. The van der Waals surface area contributed by atoms with Crippen molar-refractivity contribution in [1.29, 1.82) is 0 Å². The van der Waals surface area contributed by atoms with Gasteiger partial charge in [-0.25, -0.2) is 13.2 Å². The first kappa shape index (κ1) is 19.0. The number of anilines is 1. The molecule has 128 valence electrons. The lowest BCUT2D eigenvalue weighted by atomic mass is 10.0. The molecule has 1 aromatic rings. The maximum atomic E-state index is 13.4. The Hall–Kier alpha value is -2.09. The van der Waals surface area contributed by atoms with Crippen LogP contribution in [0.5, 0.6) is 0 Å². The Morgan fingerprint density at radius 1 is 1.09 bits per heavy atom. The van der Waals surface area contributed by atoms with E-state index >= 15 is 0 Å². The van der Waals surface area contributed by atoms with Crippen molar-refractivity contribution >= 4 is 17.5 Å². The second-order valence-corrected chi connectivity index (χ2v) is 5.08. The van der Waals surface area contributed by atoms with Crippen LogP contribution in [0, 0.1) is 23.4 Å². The number of aliphatic hydroxyl groups excluding tert-OH is 1. The van der Waals surface area contributed by atoms with Crippen LogP contribution in [0.4, 0.5) is 18.9 Å². The molecule has 0 radical (unpaired) electrons. The molecular weight excluding hydrogens is 313 g/mol. The molecule has 0 aliphatic rings. The first-order chi connectivity index (χ1) is 10.9. The molecule has 1 rings (SSSR count). The number of carbonyl (C=O) groups excluding carboxylic acids is 2. The molecule has 0 heterocycles. The molecule has 23 heavy (non-hydrogen) atoms. The summed E-state index contributed by atoms with van der Waals surface area (Å²) in [6, 6.07) is 0.739. The smallest absolute Gasteiger partial charge is 0.313 e. The van der Waals surface area contributed by atoms with Crippen LogP contribution in [-0.4, -0.2) is 30.1 Å². The number of hydrogen-bond acceptors (Lipinski definition) is 3. The van der Waals surface area contributed by atoms with Crippen LogP contribution < -0.4 is 10.6 Å². The zero-order valence-electron chi connectivity index (χ0n) is 12.7. The van der Waals surface area contributed by atoms with E-state index in [0.29, 0.717) is 12.5 Å². The van der Waals surface area contributed by atoms with Gasteiger partial charge in [-0.2, -0.15) is 0 Å². The average molecular weight is 332 g/mol. The molecule has 0 aromatic heterocycles. The minimum Gasteiger partial charge on any atom is -0.396 e. The van der Waals surface area contributed by atoms with Gasteiger partial charge in [-0.15, -0.1) is 0 Å². The number of amides is 2. The summed E-state index contributed by atoms with van der Waals surface area (Å²) in [6.07, 6.45) is 2.10. The normalized spacial score (nSPS) is 11.9. The van der Waals surface area contributed by atoms with E-state index in [1.54, 1.807) is 0 Å². The van der Waals surface area contributed by atoms with E-state index in [9.17, 15) is 22.8 Å². The Kier molecular flexibility index (Phi) is 7.53. The largest absolute Gasteiger partial charge is 0.396 e. The molecule has 0 saturated heterocycles. The third-order valence-corrected chi connectivity index (χ3v) is 3.25. The number of nitrogens with one attached hydrogen (secondary N) is 2. The minimum atomic E-state index is -1.39. The molecular formula is C15H19F3N2O3. The van der Waals surface area contributed by atoms with Gasteiger partial charge in [0.25, 0.3) is 0 Å². The first-order valence-corrected chi connectivity index (χ1v) is 7.23. The predicted octanol–water partition coefficient (Wildman–Crippen LogP) is 1.96. The highest BCUT2D eigenvalue weighted by Gasteiger charge is 2.18. The van der Waals surface area contributed by atoms with E-state index in [0.717, 1.165) is 12.8 Å². The van der Waals surface area contributed by atoms with Crippen LogP contribution in [0.1, 0.15) is 26.2 Å². The van der Waals surface area contributed by atoms with Crippen molar-refractivity contribution in [1.82, 2.24) is 5.32 Å². The Labute approximate surface area is 131 Å². The molecule has 3 N–H and O–H groups in total. The number of carbonyl (C=O) groups is 2. The molecule has 0 bridgehead atoms. The molecule has 0 spiro atoms. The van der Waals surface area contributed by atoms with Crippen LogP contribution in [0.25, 0.3) is 0 Å². The summed E-state index contributed by atoms with van der Waals surface area (Å²) >= 11 is 0. The Bertz CT molecular complexity index is 561. The third kappa shape index (κ3) is 5.90. The highest BCUT2D eigenvalue weighted by Crippen LogP contribution is 2.18. The van der Waals surface area contributed by atoms with Gasteiger partial charge in [-0.1, -0.05) is 13.3 Å².